The summed E-state index contributed by atoms with van der Waals surface area (Å²) < 4.78 is 0. The summed E-state index contributed by atoms with van der Waals surface area (Å²) in [6.45, 7) is 4.50. The maximum absolute atomic E-state index is 4.12. The molecular weight excluding hydrogens is 308 g/mol. The van der Waals surface area contributed by atoms with Crippen LogP contribution in [0.25, 0.3) is 10.9 Å². The molecule has 2 aromatic carbocycles. The van der Waals surface area contributed by atoms with Crippen molar-refractivity contribution in [2.24, 2.45) is 5.92 Å². The number of hydrogen-bond donors (Lipinski definition) is 2. The number of nitrogens with zero attached hydrogens (tertiary/aromatic N) is 2. The third-order valence-electron chi connectivity index (χ3n) is 5.85. The number of aryl methyl sites for hydroxylation is 1. The van der Waals surface area contributed by atoms with Gasteiger partial charge in [-0.25, -0.2) is 0 Å². The van der Waals surface area contributed by atoms with Crippen LogP contribution in [0.4, 0.5) is 5.69 Å². The van der Waals surface area contributed by atoms with Gasteiger partial charge in [-0.1, -0.05) is 29.8 Å². The van der Waals surface area contributed by atoms with Crippen molar-refractivity contribution in [3.8, 4) is 0 Å². The van der Waals surface area contributed by atoms with Crippen molar-refractivity contribution < 1.29 is 0 Å². The number of fused-ring (bicyclic) bond motifs is 3. The monoisotopic (exact) mass is 332 g/mol. The molecule has 25 heavy (non-hydrogen) atoms. The van der Waals surface area contributed by atoms with Crippen molar-refractivity contribution in [2.75, 3.05) is 11.9 Å². The topological polar surface area (TPSA) is 44.0 Å². The van der Waals surface area contributed by atoms with Crippen LogP contribution in [0.3, 0.4) is 0 Å². The van der Waals surface area contributed by atoms with Gasteiger partial charge in [-0.15, -0.1) is 0 Å². The van der Waals surface area contributed by atoms with Gasteiger partial charge in [0, 0.05) is 36.2 Å². The molecule has 1 aliphatic heterocycles. The van der Waals surface area contributed by atoms with Crippen LogP contribution in [0, 0.1) is 12.8 Å². The van der Waals surface area contributed by atoms with E-state index in [0.717, 1.165) is 18.0 Å². The van der Waals surface area contributed by atoms with Crippen LogP contribution in [0.1, 0.15) is 24.0 Å². The van der Waals surface area contributed by atoms with Crippen LogP contribution in [0.2, 0.25) is 0 Å². The Bertz CT molecular complexity index is 900. The highest BCUT2D eigenvalue weighted by molar-refractivity contribution is 5.81. The fourth-order valence-corrected chi connectivity index (χ4v) is 4.77. The van der Waals surface area contributed by atoms with Gasteiger partial charge in [-0.3, -0.25) is 10.00 Å². The zero-order valence-corrected chi connectivity index (χ0v) is 14.6. The van der Waals surface area contributed by atoms with Gasteiger partial charge in [-0.2, -0.15) is 5.10 Å². The molecule has 128 valence electrons. The molecule has 1 saturated heterocycles. The number of aromatic amines is 1. The van der Waals surface area contributed by atoms with Gasteiger partial charge in [0.2, 0.25) is 0 Å². The Morgan fingerprint density at radius 3 is 3.04 bits per heavy atom. The summed E-state index contributed by atoms with van der Waals surface area (Å²) in [6, 6.07) is 16.6. The van der Waals surface area contributed by atoms with E-state index in [0.29, 0.717) is 12.1 Å². The molecule has 3 unspecified atom stereocenters. The molecule has 0 spiro atoms. The first-order valence-corrected chi connectivity index (χ1v) is 9.24. The lowest BCUT2D eigenvalue weighted by atomic mass is 10.0. The van der Waals surface area contributed by atoms with E-state index < -0.39 is 0 Å². The second-order valence-corrected chi connectivity index (χ2v) is 7.75. The number of H-pyrrole nitrogens is 1. The van der Waals surface area contributed by atoms with Crippen molar-refractivity contribution in [3.05, 3.63) is 59.8 Å². The molecule has 4 heteroatoms. The molecule has 2 N–H and O–H groups in total. The highest BCUT2D eigenvalue weighted by Crippen LogP contribution is 2.40. The van der Waals surface area contributed by atoms with E-state index in [1.807, 2.05) is 6.20 Å². The van der Waals surface area contributed by atoms with E-state index >= 15 is 0 Å². The maximum Gasteiger partial charge on any atom is 0.0651 e. The Kier molecular flexibility index (Phi) is 3.52. The predicted molar refractivity (Wildman–Crippen MR) is 102 cm³/mol. The van der Waals surface area contributed by atoms with E-state index in [2.05, 4.69) is 69.8 Å². The van der Waals surface area contributed by atoms with E-state index in [-0.39, 0.29) is 0 Å². The van der Waals surface area contributed by atoms with Crippen LogP contribution in [-0.4, -0.2) is 33.7 Å². The molecule has 2 fully saturated rings. The summed E-state index contributed by atoms with van der Waals surface area (Å²) in [4.78, 5) is 2.68. The zero-order chi connectivity index (χ0) is 16.8. The summed E-state index contributed by atoms with van der Waals surface area (Å²) in [5.41, 5.74) is 5.09. The standard InChI is InChI=1S/C21H24N4/c1-14-3-2-4-15(7-14)12-25-13-16-8-20(21(25)9-16)23-18-5-6-19-17(10-18)11-22-24-19/h2-7,10-11,16,20-21,23H,8-9,12-13H2,1H3,(H,22,24). The smallest absolute Gasteiger partial charge is 0.0651 e. The summed E-state index contributed by atoms with van der Waals surface area (Å²) in [6.07, 6.45) is 4.52. The molecule has 3 atom stereocenters. The number of hydrogen-bond acceptors (Lipinski definition) is 3. The summed E-state index contributed by atoms with van der Waals surface area (Å²) in [5, 5.41) is 12.1. The number of aromatic nitrogens is 2. The van der Waals surface area contributed by atoms with Gasteiger partial charge in [0.25, 0.3) is 0 Å². The third-order valence-corrected chi connectivity index (χ3v) is 5.85. The molecular formula is C21H24N4. The van der Waals surface area contributed by atoms with E-state index in [1.54, 1.807) is 0 Å². The lowest BCUT2D eigenvalue weighted by molar-refractivity contribution is 0.192. The van der Waals surface area contributed by atoms with Gasteiger partial charge in [0.1, 0.15) is 0 Å². The SMILES string of the molecule is Cc1cccc(CN2CC3CC(Nc4ccc5[nH]ncc5c4)C2C3)c1. The normalized spacial score (nSPS) is 25.7. The largest absolute Gasteiger partial charge is 0.381 e. The van der Waals surface area contributed by atoms with Crippen molar-refractivity contribution in [1.82, 2.24) is 15.1 Å². The minimum absolute atomic E-state index is 0.549. The molecule has 5 rings (SSSR count). The molecule has 4 nitrogen and oxygen atoms in total. The lowest BCUT2D eigenvalue weighted by Crippen LogP contribution is -2.44. The fourth-order valence-electron chi connectivity index (χ4n) is 4.77. The molecule has 1 aromatic heterocycles. The zero-order valence-electron chi connectivity index (χ0n) is 14.6. The van der Waals surface area contributed by atoms with Crippen molar-refractivity contribution >= 4 is 16.6 Å². The van der Waals surface area contributed by atoms with Crippen molar-refractivity contribution in [3.63, 3.8) is 0 Å². The summed E-state index contributed by atoms with van der Waals surface area (Å²) in [5.74, 6) is 0.838. The number of benzene rings is 2. The molecule has 1 aliphatic carbocycles. The first-order chi connectivity index (χ1) is 12.2. The quantitative estimate of drug-likeness (QED) is 0.760. The molecule has 2 aliphatic rings. The van der Waals surface area contributed by atoms with E-state index in [1.165, 1.54) is 41.6 Å². The number of rotatable bonds is 4. The fraction of sp³-hybridized carbons (Fsp3) is 0.381. The van der Waals surface area contributed by atoms with Crippen LogP contribution in [0.5, 0.6) is 0 Å². The molecule has 3 aromatic rings. The first-order valence-electron chi connectivity index (χ1n) is 9.24. The molecule has 2 bridgehead atoms. The maximum atomic E-state index is 4.12. The molecule has 2 heterocycles. The number of nitrogens with one attached hydrogen (secondary N) is 2. The minimum atomic E-state index is 0.549. The number of piperidine rings is 1. The average Bonchev–Trinajstić information content (AvgIpc) is 3.29. The minimum Gasteiger partial charge on any atom is -0.381 e. The molecule has 0 radical (unpaired) electrons. The first kappa shape index (κ1) is 15.0. The van der Waals surface area contributed by atoms with Gasteiger partial charge >= 0.3 is 0 Å². The lowest BCUT2D eigenvalue weighted by Gasteiger charge is -2.34. The Morgan fingerprint density at radius 2 is 2.16 bits per heavy atom. The Morgan fingerprint density at radius 1 is 1.20 bits per heavy atom. The van der Waals surface area contributed by atoms with Gasteiger partial charge in [0.15, 0.2) is 0 Å². The highest BCUT2D eigenvalue weighted by atomic mass is 15.2. The second kappa shape index (κ2) is 5.88. The number of anilines is 1. The van der Waals surface area contributed by atoms with Crippen LogP contribution >= 0.6 is 0 Å². The molecule has 0 amide bonds. The summed E-state index contributed by atoms with van der Waals surface area (Å²) in [7, 11) is 0. The van der Waals surface area contributed by atoms with Gasteiger partial charge < -0.3 is 5.32 Å². The van der Waals surface area contributed by atoms with Crippen LogP contribution in [0.15, 0.2) is 48.7 Å². The van der Waals surface area contributed by atoms with Crippen LogP contribution < -0.4 is 5.32 Å². The highest BCUT2D eigenvalue weighted by Gasteiger charge is 2.44. The van der Waals surface area contributed by atoms with Crippen molar-refractivity contribution in [2.45, 2.75) is 38.4 Å². The average molecular weight is 332 g/mol. The Labute approximate surface area is 148 Å². The van der Waals surface area contributed by atoms with E-state index in [9.17, 15) is 0 Å². The third kappa shape index (κ3) is 2.81. The predicted octanol–water partition coefficient (Wildman–Crippen LogP) is 3.95. The van der Waals surface area contributed by atoms with E-state index in [4.69, 9.17) is 0 Å². The Hall–Kier alpha value is -2.33. The second-order valence-electron chi connectivity index (χ2n) is 7.75. The Balaban J connectivity index is 1.31. The summed E-state index contributed by atoms with van der Waals surface area (Å²) >= 11 is 0. The number of likely N-dealkylation sites (tertiary alicyclic amines) is 1. The molecule has 1 saturated carbocycles. The van der Waals surface area contributed by atoms with Gasteiger partial charge in [0.05, 0.1) is 11.7 Å². The van der Waals surface area contributed by atoms with Gasteiger partial charge in [-0.05, 0) is 49.4 Å². The van der Waals surface area contributed by atoms with Crippen molar-refractivity contribution in [1.29, 1.82) is 0 Å². The van der Waals surface area contributed by atoms with Crippen LogP contribution in [-0.2, 0) is 6.54 Å².